The molecule has 0 radical (unpaired) electrons. The maximum Gasteiger partial charge on any atom is 0.0451 e. The third-order valence-corrected chi connectivity index (χ3v) is 6.60. The van der Waals surface area contributed by atoms with Crippen LogP contribution < -0.4 is 5.32 Å². The molecular weight excluding hydrogens is 289 g/mol. The maximum atomic E-state index is 6.25. The van der Waals surface area contributed by atoms with Crippen molar-refractivity contribution in [2.75, 3.05) is 0 Å². The van der Waals surface area contributed by atoms with Gasteiger partial charge in [0.15, 0.2) is 0 Å². The predicted octanol–water partition coefficient (Wildman–Crippen LogP) is 4.91. The number of halogens is 2. The predicted molar refractivity (Wildman–Crippen MR) is 84.1 cm³/mol. The van der Waals surface area contributed by atoms with Crippen molar-refractivity contribution >= 4 is 23.2 Å². The van der Waals surface area contributed by atoms with Crippen LogP contribution in [0.15, 0.2) is 18.2 Å². The SMILES string of the molecule is Clc1ccc(Cl)c(CNC2CC3CC2C2CCCC32)c1. The molecule has 3 aliphatic carbocycles. The first kappa shape index (κ1) is 13.4. The van der Waals surface area contributed by atoms with E-state index in [2.05, 4.69) is 5.32 Å². The Hall–Kier alpha value is -0.240. The van der Waals surface area contributed by atoms with Gasteiger partial charge in [0.25, 0.3) is 0 Å². The van der Waals surface area contributed by atoms with E-state index in [0.717, 1.165) is 45.8 Å². The molecule has 4 rings (SSSR count). The Labute approximate surface area is 131 Å². The summed E-state index contributed by atoms with van der Waals surface area (Å²) < 4.78 is 0. The number of benzene rings is 1. The molecule has 0 aliphatic heterocycles. The summed E-state index contributed by atoms with van der Waals surface area (Å²) in [7, 11) is 0. The fourth-order valence-electron chi connectivity index (χ4n) is 5.22. The normalized spacial score (nSPS) is 38.4. The second-order valence-corrected chi connectivity index (χ2v) is 7.72. The lowest BCUT2D eigenvalue weighted by Crippen LogP contribution is -2.38. The molecular formula is C17H21Cl2N. The van der Waals surface area contributed by atoms with Gasteiger partial charge in [-0.3, -0.25) is 0 Å². The molecule has 0 amide bonds. The van der Waals surface area contributed by atoms with Crippen LogP contribution in [0.5, 0.6) is 0 Å². The van der Waals surface area contributed by atoms with Crippen LogP contribution >= 0.6 is 23.2 Å². The monoisotopic (exact) mass is 309 g/mol. The van der Waals surface area contributed by atoms with Crippen molar-refractivity contribution in [1.29, 1.82) is 0 Å². The molecule has 5 unspecified atom stereocenters. The van der Waals surface area contributed by atoms with Crippen molar-refractivity contribution in [3.8, 4) is 0 Å². The van der Waals surface area contributed by atoms with Crippen LogP contribution in [0.25, 0.3) is 0 Å². The van der Waals surface area contributed by atoms with Crippen LogP contribution in [0, 0.1) is 23.7 Å². The number of hydrogen-bond acceptors (Lipinski definition) is 1. The topological polar surface area (TPSA) is 12.0 Å². The standard InChI is InChI=1S/C17H21Cl2N/c18-12-4-5-16(19)11(6-12)9-20-17-8-10-7-15(17)14-3-1-2-13(10)14/h4-6,10,13-15,17,20H,1-3,7-9H2. The van der Waals surface area contributed by atoms with Crippen molar-refractivity contribution in [2.24, 2.45) is 23.7 Å². The van der Waals surface area contributed by atoms with Crippen LogP contribution in [0.4, 0.5) is 0 Å². The quantitative estimate of drug-likeness (QED) is 0.836. The molecule has 3 saturated carbocycles. The van der Waals surface area contributed by atoms with Gasteiger partial charge in [0.05, 0.1) is 0 Å². The van der Waals surface area contributed by atoms with Gasteiger partial charge in [0, 0.05) is 22.6 Å². The van der Waals surface area contributed by atoms with Gasteiger partial charge in [0.1, 0.15) is 0 Å². The highest BCUT2D eigenvalue weighted by molar-refractivity contribution is 6.33. The first-order chi connectivity index (χ1) is 9.72. The third kappa shape index (κ3) is 2.19. The summed E-state index contributed by atoms with van der Waals surface area (Å²) >= 11 is 12.3. The molecule has 0 saturated heterocycles. The lowest BCUT2D eigenvalue weighted by atomic mass is 9.79. The van der Waals surface area contributed by atoms with E-state index in [0.29, 0.717) is 6.04 Å². The summed E-state index contributed by atoms with van der Waals surface area (Å²) in [6.07, 6.45) is 7.29. The molecule has 2 bridgehead atoms. The van der Waals surface area contributed by atoms with E-state index in [-0.39, 0.29) is 0 Å². The summed E-state index contributed by atoms with van der Waals surface area (Å²) in [6.45, 7) is 0.852. The van der Waals surface area contributed by atoms with E-state index in [1.54, 1.807) is 0 Å². The number of rotatable bonds is 3. The summed E-state index contributed by atoms with van der Waals surface area (Å²) in [6, 6.07) is 6.44. The summed E-state index contributed by atoms with van der Waals surface area (Å²) in [5, 5.41) is 5.36. The Morgan fingerprint density at radius 2 is 1.90 bits per heavy atom. The Bertz CT molecular complexity index is 516. The molecule has 5 atom stereocenters. The first-order valence-corrected chi connectivity index (χ1v) is 8.65. The average Bonchev–Trinajstić information content (AvgIpc) is 3.10. The number of fused-ring (bicyclic) bond motifs is 5. The minimum atomic E-state index is 0.703. The van der Waals surface area contributed by atoms with Crippen molar-refractivity contribution in [3.05, 3.63) is 33.8 Å². The van der Waals surface area contributed by atoms with Gasteiger partial charge in [-0.2, -0.15) is 0 Å². The van der Waals surface area contributed by atoms with Gasteiger partial charge in [-0.05, 0) is 73.1 Å². The van der Waals surface area contributed by atoms with Gasteiger partial charge < -0.3 is 5.32 Å². The van der Waals surface area contributed by atoms with E-state index in [1.807, 2.05) is 18.2 Å². The van der Waals surface area contributed by atoms with Crippen molar-refractivity contribution in [3.63, 3.8) is 0 Å². The van der Waals surface area contributed by atoms with Gasteiger partial charge in [0.2, 0.25) is 0 Å². The zero-order chi connectivity index (χ0) is 13.7. The van der Waals surface area contributed by atoms with E-state index in [9.17, 15) is 0 Å². The second-order valence-electron chi connectivity index (χ2n) is 6.88. The highest BCUT2D eigenvalue weighted by atomic mass is 35.5. The Morgan fingerprint density at radius 3 is 2.80 bits per heavy atom. The van der Waals surface area contributed by atoms with E-state index in [1.165, 1.54) is 32.1 Å². The van der Waals surface area contributed by atoms with Crippen molar-refractivity contribution < 1.29 is 0 Å². The minimum absolute atomic E-state index is 0.703. The highest BCUT2D eigenvalue weighted by Crippen LogP contribution is 2.58. The Morgan fingerprint density at radius 1 is 1.05 bits per heavy atom. The molecule has 3 aliphatic rings. The van der Waals surface area contributed by atoms with Crippen LogP contribution in [0.1, 0.15) is 37.7 Å². The summed E-state index contributed by atoms with van der Waals surface area (Å²) in [5.74, 6) is 4.00. The lowest BCUT2D eigenvalue weighted by Gasteiger charge is -2.32. The molecule has 1 aromatic carbocycles. The van der Waals surface area contributed by atoms with Crippen LogP contribution in [-0.2, 0) is 6.54 Å². The number of hydrogen-bond donors (Lipinski definition) is 1. The molecule has 3 fully saturated rings. The molecule has 0 heterocycles. The summed E-state index contributed by atoms with van der Waals surface area (Å²) in [4.78, 5) is 0. The fraction of sp³-hybridized carbons (Fsp3) is 0.647. The lowest BCUT2D eigenvalue weighted by molar-refractivity contribution is 0.208. The van der Waals surface area contributed by atoms with Gasteiger partial charge in [-0.25, -0.2) is 0 Å². The van der Waals surface area contributed by atoms with Gasteiger partial charge in [-0.1, -0.05) is 29.6 Å². The van der Waals surface area contributed by atoms with E-state index in [4.69, 9.17) is 23.2 Å². The molecule has 0 spiro atoms. The molecule has 1 nitrogen and oxygen atoms in total. The second kappa shape index (κ2) is 5.19. The van der Waals surface area contributed by atoms with Crippen LogP contribution in [0.2, 0.25) is 10.0 Å². The average molecular weight is 310 g/mol. The fourth-order valence-corrected chi connectivity index (χ4v) is 5.60. The molecule has 3 heteroatoms. The minimum Gasteiger partial charge on any atom is -0.310 e. The molecule has 0 aromatic heterocycles. The maximum absolute atomic E-state index is 6.25. The Kier molecular flexibility index (Phi) is 3.48. The molecule has 1 N–H and O–H groups in total. The first-order valence-electron chi connectivity index (χ1n) is 7.89. The van der Waals surface area contributed by atoms with E-state index < -0.39 is 0 Å². The van der Waals surface area contributed by atoms with Gasteiger partial charge >= 0.3 is 0 Å². The zero-order valence-corrected chi connectivity index (χ0v) is 13.1. The number of nitrogens with one attached hydrogen (secondary N) is 1. The van der Waals surface area contributed by atoms with Crippen LogP contribution in [0.3, 0.4) is 0 Å². The van der Waals surface area contributed by atoms with Gasteiger partial charge in [-0.15, -0.1) is 0 Å². The van der Waals surface area contributed by atoms with Crippen molar-refractivity contribution in [2.45, 2.75) is 44.7 Å². The Balaban J connectivity index is 1.42. The smallest absolute Gasteiger partial charge is 0.0451 e. The largest absolute Gasteiger partial charge is 0.310 e. The molecule has 1 aromatic rings. The highest BCUT2D eigenvalue weighted by Gasteiger charge is 2.53. The molecule has 108 valence electrons. The van der Waals surface area contributed by atoms with E-state index >= 15 is 0 Å². The summed E-state index contributed by atoms with van der Waals surface area (Å²) in [5.41, 5.74) is 1.13. The third-order valence-electron chi connectivity index (χ3n) is 5.99. The van der Waals surface area contributed by atoms with Crippen LogP contribution in [-0.4, -0.2) is 6.04 Å². The van der Waals surface area contributed by atoms with Crippen molar-refractivity contribution in [1.82, 2.24) is 5.32 Å². The zero-order valence-electron chi connectivity index (χ0n) is 11.6. The molecule has 20 heavy (non-hydrogen) atoms.